The molecule has 1 aliphatic carbocycles. The largest absolute Gasteiger partial charge is 0.512 e. The molecule has 2 nitrogen and oxygen atoms in total. The van der Waals surface area contributed by atoms with Crippen LogP contribution in [0, 0.1) is 16.2 Å². The number of aliphatic hydroxyl groups excluding tert-OH is 1. The van der Waals surface area contributed by atoms with Gasteiger partial charge in [-0.25, -0.2) is 0 Å². The molecule has 0 aromatic heterocycles. The Morgan fingerprint density at radius 2 is 0.698 bits per heavy atom. The molecule has 0 saturated heterocycles. The standard InChI is InChI=1S/C51H82O2/c1-37(2)19-20-46-47(52)49(31-23-40(7)8,32-24-41(9)10)50(33-25-42(11)12,34-26-43(13)14)51(35-27-44(15)16,53-36-28-45(17)18)48(46,29-21-38(3)4)30-22-39(5)6/h19,21-28,52H,20,29-36H2,1-18H3. The molecule has 0 spiro atoms. The Morgan fingerprint density at radius 3 is 1.04 bits per heavy atom. The minimum absolute atomic E-state index is 0.508. The number of aliphatic hydroxyl groups is 1. The van der Waals surface area contributed by atoms with E-state index in [-0.39, 0.29) is 0 Å². The lowest BCUT2D eigenvalue weighted by Gasteiger charge is -2.70. The molecule has 2 heteroatoms. The van der Waals surface area contributed by atoms with Crippen molar-refractivity contribution in [3.63, 3.8) is 0 Å². The summed E-state index contributed by atoms with van der Waals surface area (Å²) in [7, 11) is 0. The van der Waals surface area contributed by atoms with Gasteiger partial charge in [-0.3, -0.25) is 0 Å². The average Bonchev–Trinajstić information content (AvgIpc) is 3.03. The van der Waals surface area contributed by atoms with Crippen LogP contribution in [0.15, 0.2) is 116 Å². The summed E-state index contributed by atoms with van der Waals surface area (Å²) in [4.78, 5) is 0. The van der Waals surface area contributed by atoms with Crippen LogP contribution in [0.1, 0.15) is 176 Å². The molecule has 0 fully saturated rings. The highest BCUT2D eigenvalue weighted by Gasteiger charge is 2.73. The Kier molecular flexibility index (Phi) is 19.4. The molecular formula is C51H82O2. The molecule has 298 valence electrons. The maximum Gasteiger partial charge on any atom is 0.0999 e. The summed E-state index contributed by atoms with van der Waals surface area (Å²) >= 11 is 0. The van der Waals surface area contributed by atoms with Gasteiger partial charge in [0.15, 0.2) is 0 Å². The lowest BCUT2D eigenvalue weighted by molar-refractivity contribution is -0.245. The molecular weight excluding hydrogens is 645 g/mol. The molecule has 1 unspecified atom stereocenters. The first-order valence-electron chi connectivity index (χ1n) is 20.3. The van der Waals surface area contributed by atoms with Gasteiger partial charge in [0.25, 0.3) is 0 Å². The quantitative estimate of drug-likeness (QED) is 0.134. The van der Waals surface area contributed by atoms with Gasteiger partial charge in [0, 0.05) is 16.2 Å². The molecule has 53 heavy (non-hydrogen) atoms. The van der Waals surface area contributed by atoms with Crippen molar-refractivity contribution in [3.8, 4) is 0 Å². The predicted molar refractivity (Wildman–Crippen MR) is 237 cm³/mol. The van der Waals surface area contributed by atoms with Crippen molar-refractivity contribution >= 4 is 0 Å². The van der Waals surface area contributed by atoms with E-state index in [2.05, 4.69) is 179 Å². The van der Waals surface area contributed by atoms with Crippen molar-refractivity contribution in [1.82, 2.24) is 0 Å². The minimum Gasteiger partial charge on any atom is -0.512 e. The number of ether oxygens (including phenoxy) is 1. The second-order valence-electron chi connectivity index (χ2n) is 18.4. The van der Waals surface area contributed by atoms with Crippen molar-refractivity contribution < 1.29 is 9.84 Å². The molecule has 0 radical (unpaired) electrons. The van der Waals surface area contributed by atoms with Crippen LogP contribution in [0.5, 0.6) is 0 Å². The smallest absolute Gasteiger partial charge is 0.0999 e. The Hall–Kier alpha value is -2.84. The molecule has 0 amide bonds. The van der Waals surface area contributed by atoms with Crippen LogP contribution in [0.2, 0.25) is 0 Å². The van der Waals surface area contributed by atoms with Gasteiger partial charge >= 0.3 is 0 Å². The van der Waals surface area contributed by atoms with Crippen LogP contribution in [-0.4, -0.2) is 17.3 Å². The van der Waals surface area contributed by atoms with E-state index in [1.165, 1.54) is 50.2 Å². The molecule has 1 rings (SSSR count). The summed E-state index contributed by atoms with van der Waals surface area (Å²) in [6, 6.07) is 0. The number of hydrogen-bond acceptors (Lipinski definition) is 2. The van der Waals surface area contributed by atoms with Gasteiger partial charge in [-0.15, -0.1) is 0 Å². The van der Waals surface area contributed by atoms with Crippen LogP contribution in [0.25, 0.3) is 0 Å². The van der Waals surface area contributed by atoms with Crippen LogP contribution in [-0.2, 0) is 4.74 Å². The van der Waals surface area contributed by atoms with Gasteiger partial charge in [0.05, 0.1) is 18.0 Å². The first-order chi connectivity index (χ1) is 24.5. The molecule has 0 heterocycles. The zero-order valence-corrected chi connectivity index (χ0v) is 37.9. The number of hydrogen-bond donors (Lipinski definition) is 1. The van der Waals surface area contributed by atoms with Crippen molar-refractivity contribution in [2.24, 2.45) is 16.2 Å². The number of allylic oxidation sites excluding steroid dienone is 17. The fourth-order valence-corrected chi connectivity index (χ4v) is 8.25. The van der Waals surface area contributed by atoms with Gasteiger partial charge in [-0.1, -0.05) is 105 Å². The van der Waals surface area contributed by atoms with Crippen LogP contribution < -0.4 is 0 Å². The van der Waals surface area contributed by atoms with Crippen molar-refractivity contribution in [1.29, 1.82) is 0 Å². The molecule has 0 bridgehead atoms. The van der Waals surface area contributed by atoms with E-state index in [9.17, 15) is 5.11 Å². The minimum atomic E-state index is -0.735. The van der Waals surface area contributed by atoms with E-state index in [1.54, 1.807) is 0 Å². The highest BCUT2D eigenvalue weighted by molar-refractivity contribution is 5.45. The Morgan fingerprint density at radius 1 is 0.396 bits per heavy atom. The van der Waals surface area contributed by atoms with Gasteiger partial charge in [-0.2, -0.15) is 0 Å². The van der Waals surface area contributed by atoms with E-state index in [0.717, 1.165) is 50.5 Å². The third-order valence-corrected chi connectivity index (χ3v) is 11.3. The topological polar surface area (TPSA) is 29.5 Å². The van der Waals surface area contributed by atoms with E-state index >= 15 is 0 Å². The third-order valence-electron chi connectivity index (χ3n) is 11.3. The number of rotatable bonds is 19. The molecule has 0 aromatic rings. The van der Waals surface area contributed by atoms with Gasteiger partial charge in [0.1, 0.15) is 0 Å². The van der Waals surface area contributed by atoms with Gasteiger partial charge in [-0.05, 0) is 182 Å². The first-order valence-corrected chi connectivity index (χ1v) is 20.3. The van der Waals surface area contributed by atoms with Crippen molar-refractivity contribution in [2.45, 2.75) is 182 Å². The summed E-state index contributed by atoms with van der Waals surface area (Å²) < 4.78 is 8.00. The average molecular weight is 727 g/mol. The van der Waals surface area contributed by atoms with E-state index < -0.39 is 21.8 Å². The molecule has 0 saturated carbocycles. The highest BCUT2D eigenvalue weighted by Crippen LogP contribution is 2.74. The predicted octanol–water partition coefficient (Wildman–Crippen LogP) is 16.3. The molecule has 1 aliphatic rings. The lowest BCUT2D eigenvalue weighted by atomic mass is 9.37. The fraction of sp³-hybridized carbons (Fsp3) is 0.608. The monoisotopic (exact) mass is 727 g/mol. The van der Waals surface area contributed by atoms with E-state index in [0.29, 0.717) is 18.8 Å². The molecule has 1 N–H and O–H groups in total. The maximum atomic E-state index is 13.8. The van der Waals surface area contributed by atoms with Crippen LogP contribution >= 0.6 is 0 Å². The summed E-state index contributed by atoms with van der Waals surface area (Å²) in [6.07, 6.45) is 27.6. The van der Waals surface area contributed by atoms with Crippen LogP contribution in [0.4, 0.5) is 0 Å². The molecule has 0 aromatic carbocycles. The zero-order valence-electron chi connectivity index (χ0n) is 37.9. The zero-order chi connectivity index (χ0) is 40.8. The van der Waals surface area contributed by atoms with Crippen LogP contribution in [0.3, 0.4) is 0 Å². The summed E-state index contributed by atoms with van der Waals surface area (Å²) in [5, 5.41) is 13.8. The Labute approximate surface area is 329 Å². The normalized spacial score (nSPS) is 18.2. The Bertz CT molecular complexity index is 1460. The maximum absolute atomic E-state index is 13.8. The SMILES string of the molecule is CC(C)=CCOC1(CC=C(C)C)C(CC=C(C)C)(CC=C(C)C)C(CC=C(C)C)=C(O)C(CC=C(C)C)(CC=C(C)C)C1(CC=C(C)C)CC=C(C)C. The second kappa shape index (κ2) is 21.3. The Balaban J connectivity index is 5.40. The summed E-state index contributed by atoms with van der Waals surface area (Å²) in [5.41, 5.74) is 10.1. The van der Waals surface area contributed by atoms with Gasteiger partial charge in [0.2, 0.25) is 0 Å². The van der Waals surface area contributed by atoms with E-state index in [4.69, 9.17) is 4.74 Å². The van der Waals surface area contributed by atoms with Crippen molar-refractivity contribution in [2.75, 3.05) is 6.61 Å². The molecule has 0 aliphatic heterocycles. The second-order valence-corrected chi connectivity index (χ2v) is 18.4. The first kappa shape index (κ1) is 48.2. The summed E-state index contributed by atoms with van der Waals surface area (Å²) in [5.74, 6) is 0.581. The lowest BCUT2D eigenvalue weighted by Crippen LogP contribution is -2.70. The van der Waals surface area contributed by atoms with Gasteiger partial charge < -0.3 is 9.84 Å². The van der Waals surface area contributed by atoms with Crippen molar-refractivity contribution in [3.05, 3.63) is 116 Å². The highest BCUT2D eigenvalue weighted by atomic mass is 16.5. The van der Waals surface area contributed by atoms with E-state index in [1.807, 2.05) is 0 Å². The fourth-order valence-electron chi connectivity index (χ4n) is 8.25. The molecule has 1 atom stereocenters. The summed E-state index contributed by atoms with van der Waals surface area (Å²) in [6.45, 7) is 40.2. The third kappa shape index (κ3) is 12.3.